The largest absolute Gasteiger partial charge is 0.388 e. The molecule has 1 aliphatic rings. The molecule has 1 aromatic carbocycles. The number of thioether (sulfide) groups is 1. The molecule has 116 valence electrons. The van der Waals surface area contributed by atoms with Gasteiger partial charge in [-0.25, -0.2) is 4.39 Å². The number of halogens is 1. The fraction of sp³-hybridized carbons (Fsp3) is 0.353. The highest BCUT2D eigenvalue weighted by Crippen LogP contribution is 2.29. The quantitative estimate of drug-likeness (QED) is 0.890. The van der Waals surface area contributed by atoms with Gasteiger partial charge < -0.3 is 10.4 Å². The van der Waals surface area contributed by atoms with Crippen molar-refractivity contribution in [3.05, 3.63) is 65.7 Å². The van der Waals surface area contributed by atoms with Crippen molar-refractivity contribution in [1.29, 1.82) is 0 Å². The highest BCUT2D eigenvalue weighted by Gasteiger charge is 2.32. The molecule has 0 spiro atoms. The van der Waals surface area contributed by atoms with E-state index in [0.717, 1.165) is 29.2 Å². The zero-order valence-corrected chi connectivity index (χ0v) is 13.0. The molecule has 0 aliphatic carbocycles. The molecule has 0 bridgehead atoms. The third kappa shape index (κ3) is 3.66. The van der Waals surface area contributed by atoms with Gasteiger partial charge in [-0.05, 0) is 42.0 Å². The molecule has 5 heteroatoms. The molecule has 2 atom stereocenters. The number of aliphatic hydroxyl groups is 1. The van der Waals surface area contributed by atoms with Crippen LogP contribution in [-0.4, -0.2) is 33.7 Å². The SMILES string of the molecule is O[C@@]1(CN[C@H](c2ccc(F)cc2)c2ccccn2)CCSC1. The second kappa shape index (κ2) is 6.77. The topological polar surface area (TPSA) is 45.1 Å². The van der Waals surface area contributed by atoms with Crippen molar-refractivity contribution in [3.63, 3.8) is 0 Å². The molecule has 2 aromatic rings. The molecule has 22 heavy (non-hydrogen) atoms. The minimum Gasteiger partial charge on any atom is -0.388 e. The van der Waals surface area contributed by atoms with Crippen LogP contribution in [0.1, 0.15) is 23.7 Å². The first-order valence-corrected chi connectivity index (χ1v) is 8.52. The van der Waals surface area contributed by atoms with E-state index in [2.05, 4.69) is 10.3 Å². The molecule has 0 unspecified atom stereocenters. The summed E-state index contributed by atoms with van der Waals surface area (Å²) in [5.41, 5.74) is 1.13. The summed E-state index contributed by atoms with van der Waals surface area (Å²) in [6, 6.07) is 12.0. The Bertz CT molecular complexity index is 600. The van der Waals surface area contributed by atoms with Crippen molar-refractivity contribution in [3.8, 4) is 0 Å². The van der Waals surface area contributed by atoms with Crippen LogP contribution in [0.25, 0.3) is 0 Å². The van der Waals surface area contributed by atoms with Gasteiger partial charge in [0.05, 0.1) is 17.3 Å². The molecular weight excluding hydrogens is 299 g/mol. The van der Waals surface area contributed by atoms with Gasteiger partial charge in [0.2, 0.25) is 0 Å². The highest BCUT2D eigenvalue weighted by molar-refractivity contribution is 7.99. The smallest absolute Gasteiger partial charge is 0.123 e. The molecule has 2 heterocycles. The number of benzene rings is 1. The summed E-state index contributed by atoms with van der Waals surface area (Å²) < 4.78 is 13.2. The van der Waals surface area contributed by atoms with E-state index in [1.807, 2.05) is 18.2 Å². The van der Waals surface area contributed by atoms with E-state index in [1.165, 1.54) is 12.1 Å². The molecule has 3 nitrogen and oxygen atoms in total. The third-order valence-electron chi connectivity index (χ3n) is 3.90. The average molecular weight is 318 g/mol. The Kier molecular flexibility index (Phi) is 4.76. The van der Waals surface area contributed by atoms with Crippen molar-refractivity contribution < 1.29 is 9.50 Å². The molecule has 2 N–H and O–H groups in total. The third-order valence-corrected chi connectivity index (χ3v) is 5.14. The lowest BCUT2D eigenvalue weighted by Gasteiger charge is -2.26. The van der Waals surface area contributed by atoms with Gasteiger partial charge in [-0.15, -0.1) is 0 Å². The maximum Gasteiger partial charge on any atom is 0.123 e. The monoisotopic (exact) mass is 318 g/mol. The molecule has 1 fully saturated rings. The Morgan fingerprint density at radius 3 is 2.73 bits per heavy atom. The van der Waals surface area contributed by atoms with Crippen LogP contribution in [0.4, 0.5) is 4.39 Å². The Morgan fingerprint density at radius 1 is 1.27 bits per heavy atom. The van der Waals surface area contributed by atoms with Gasteiger partial charge in [0.1, 0.15) is 5.82 Å². The summed E-state index contributed by atoms with van der Waals surface area (Å²) in [6.07, 6.45) is 2.54. The first-order valence-electron chi connectivity index (χ1n) is 7.36. The molecule has 0 radical (unpaired) electrons. The fourth-order valence-corrected chi connectivity index (χ4v) is 3.92. The van der Waals surface area contributed by atoms with E-state index in [4.69, 9.17) is 0 Å². The number of nitrogens with one attached hydrogen (secondary N) is 1. The predicted octanol–water partition coefficient (Wildman–Crippen LogP) is 2.77. The Balaban J connectivity index is 1.81. The number of nitrogens with zero attached hydrogens (tertiary/aromatic N) is 1. The molecule has 1 aliphatic heterocycles. The average Bonchev–Trinajstić information content (AvgIpc) is 2.97. The van der Waals surface area contributed by atoms with Crippen LogP contribution >= 0.6 is 11.8 Å². The van der Waals surface area contributed by atoms with Gasteiger partial charge in [0.15, 0.2) is 0 Å². The summed E-state index contributed by atoms with van der Waals surface area (Å²) in [4.78, 5) is 4.40. The van der Waals surface area contributed by atoms with Gasteiger partial charge in [-0.3, -0.25) is 4.98 Å². The summed E-state index contributed by atoms with van der Waals surface area (Å²) in [7, 11) is 0. The van der Waals surface area contributed by atoms with E-state index < -0.39 is 5.60 Å². The predicted molar refractivity (Wildman–Crippen MR) is 87.4 cm³/mol. The second-order valence-electron chi connectivity index (χ2n) is 5.65. The van der Waals surface area contributed by atoms with Crippen molar-refractivity contribution in [2.75, 3.05) is 18.1 Å². The lowest BCUT2D eigenvalue weighted by Crippen LogP contribution is -2.42. The Morgan fingerprint density at radius 2 is 2.09 bits per heavy atom. The van der Waals surface area contributed by atoms with E-state index in [0.29, 0.717) is 6.54 Å². The van der Waals surface area contributed by atoms with Gasteiger partial charge >= 0.3 is 0 Å². The second-order valence-corrected chi connectivity index (χ2v) is 6.75. The van der Waals surface area contributed by atoms with Crippen LogP contribution in [0, 0.1) is 5.82 Å². The van der Waals surface area contributed by atoms with Gasteiger partial charge in [0.25, 0.3) is 0 Å². The van der Waals surface area contributed by atoms with Gasteiger partial charge in [-0.1, -0.05) is 18.2 Å². The molecule has 0 saturated carbocycles. The van der Waals surface area contributed by atoms with Crippen LogP contribution in [-0.2, 0) is 0 Å². The zero-order chi connectivity index (χ0) is 15.4. The summed E-state index contributed by atoms with van der Waals surface area (Å²) >= 11 is 1.77. The Hall–Kier alpha value is -1.43. The maximum absolute atomic E-state index is 13.2. The highest BCUT2D eigenvalue weighted by atomic mass is 32.2. The first kappa shape index (κ1) is 15.5. The standard InChI is InChI=1S/C17H19FN2OS/c18-14-6-4-13(5-7-14)16(15-3-1-2-9-19-15)20-11-17(21)8-10-22-12-17/h1-7,9,16,20-21H,8,10-12H2/t16-,17-/m1/s1. The number of hydrogen-bond donors (Lipinski definition) is 2. The van der Waals surface area contributed by atoms with E-state index >= 15 is 0 Å². The number of aromatic nitrogens is 1. The number of rotatable bonds is 5. The molecule has 1 saturated heterocycles. The summed E-state index contributed by atoms with van der Waals surface area (Å²) in [5, 5.41) is 13.9. The minimum absolute atomic E-state index is 0.156. The zero-order valence-electron chi connectivity index (χ0n) is 12.2. The normalized spacial score (nSPS) is 22.6. The maximum atomic E-state index is 13.2. The Labute approximate surface area is 134 Å². The van der Waals surface area contributed by atoms with Crippen LogP contribution in [0.5, 0.6) is 0 Å². The van der Waals surface area contributed by atoms with Crippen molar-refractivity contribution in [1.82, 2.24) is 10.3 Å². The number of hydrogen-bond acceptors (Lipinski definition) is 4. The van der Waals surface area contributed by atoms with E-state index in [1.54, 1.807) is 30.1 Å². The molecular formula is C17H19FN2OS. The molecule has 1 aromatic heterocycles. The van der Waals surface area contributed by atoms with Crippen LogP contribution in [0.3, 0.4) is 0 Å². The van der Waals surface area contributed by atoms with Crippen LogP contribution in [0.15, 0.2) is 48.7 Å². The minimum atomic E-state index is -0.669. The van der Waals surface area contributed by atoms with Gasteiger partial charge in [0, 0.05) is 18.5 Å². The van der Waals surface area contributed by atoms with E-state index in [-0.39, 0.29) is 11.9 Å². The molecule has 0 amide bonds. The van der Waals surface area contributed by atoms with E-state index in [9.17, 15) is 9.50 Å². The van der Waals surface area contributed by atoms with Crippen molar-refractivity contribution >= 4 is 11.8 Å². The van der Waals surface area contributed by atoms with Crippen molar-refractivity contribution in [2.45, 2.75) is 18.1 Å². The fourth-order valence-electron chi connectivity index (χ4n) is 2.62. The lowest BCUT2D eigenvalue weighted by atomic mass is 9.99. The van der Waals surface area contributed by atoms with Crippen LogP contribution in [0.2, 0.25) is 0 Å². The van der Waals surface area contributed by atoms with Crippen molar-refractivity contribution in [2.24, 2.45) is 0 Å². The first-order chi connectivity index (χ1) is 10.7. The molecule has 3 rings (SSSR count). The number of pyridine rings is 1. The van der Waals surface area contributed by atoms with Gasteiger partial charge in [-0.2, -0.15) is 11.8 Å². The van der Waals surface area contributed by atoms with Crippen LogP contribution < -0.4 is 5.32 Å². The lowest BCUT2D eigenvalue weighted by molar-refractivity contribution is 0.0657. The summed E-state index contributed by atoms with van der Waals surface area (Å²) in [5.74, 6) is 1.48. The summed E-state index contributed by atoms with van der Waals surface area (Å²) in [6.45, 7) is 0.499.